The lowest BCUT2D eigenvalue weighted by molar-refractivity contribution is -0.111. The molecule has 0 saturated carbocycles. The minimum atomic E-state index is -3.02. The van der Waals surface area contributed by atoms with E-state index in [1.54, 1.807) is 6.07 Å². The normalized spacial score (nSPS) is 22.3. The zero-order valence-electron chi connectivity index (χ0n) is 19.3. The molecular formula is C29H29F2NO2. The van der Waals surface area contributed by atoms with Gasteiger partial charge in [0.05, 0.1) is 0 Å². The van der Waals surface area contributed by atoms with Gasteiger partial charge in [0.25, 0.3) is 5.92 Å². The predicted octanol–water partition coefficient (Wildman–Crippen LogP) is 6.53. The Morgan fingerprint density at radius 3 is 2.24 bits per heavy atom. The fourth-order valence-electron chi connectivity index (χ4n) is 5.58. The molecule has 2 atom stereocenters. The summed E-state index contributed by atoms with van der Waals surface area (Å²) in [5, 5.41) is 9.95. The molecule has 3 aromatic carbocycles. The molecule has 1 heterocycles. The number of aldehydes is 1. The number of benzene rings is 3. The van der Waals surface area contributed by atoms with Gasteiger partial charge in [-0.05, 0) is 60.7 Å². The molecule has 0 spiro atoms. The van der Waals surface area contributed by atoms with Crippen molar-refractivity contribution in [1.82, 2.24) is 0 Å². The predicted molar refractivity (Wildman–Crippen MR) is 130 cm³/mol. The Morgan fingerprint density at radius 2 is 1.59 bits per heavy atom. The molecule has 5 rings (SSSR count). The molecule has 0 amide bonds. The molecule has 2 aliphatic rings. The van der Waals surface area contributed by atoms with Crippen molar-refractivity contribution < 1.29 is 18.7 Å². The standard InChI is InChI=1S/C29H29F2NO2/c1-19-2-4-21(5-3-19)26-17-29(30,31)27-16-24(34)10-11-25(27)28(26)22-6-8-23(9-7-22)32-14-12-20(18-33)13-15-32/h2-11,16,18,20,26,28,34H,12-15,17H2,1H3/t26-,28-/m0/s1. The summed E-state index contributed by atoms with van der Waals surface area (Å²) in [6.45, 7) is 3.67. The molecule has 3 aromatic rings. The van der Waals surface area contributed by atoms with Gasteiger partial charge in [-0.15, -0.1) is 0 Å². The van der Waals surface area contributed by atoms with Crippen LogP contribution in [0.1, 0.15) is 58.9 Å². The quantitative estimate of drug-likeness (QED) is 0.449. The van der Waals surface area contributed by atoms with Gasteiger partial charge in [-0.1, -0.05) is 48.0 Å². The van der Waals surface area contributed by atoms with E-state index < -0.39 is 5.92 Å². The molecule has 1 fully saturated rings. The van der Waals surface area contributed by atoms with Crippen LogP contribution in [0.15, 0.2) is 66.7 Å². The second-order valence-corrected chi connectivity index (χ2v) is 9.73. The smallest absolute Gasteiger partial charge is 0.274 e. The van der Waals surface area contributed by atoms with Crippen molar-refractivity contribution in [1.29, 1.82) is 0 Å². The van der Waals surface area contributed by atoms with E-state index in [0.29, 0.717) is 5.56 Å². The molecule has 0 bridgehead atoms. The molecular weight excluding hydrogens is 432 g/mol. The van der Waals surface area contributed by atoms with Crippen LogP contribution in [0.2, 0.25) is 0 Å². The van der Waals surface area contributed by atoms with Gasteiger partial charge in [0, 0.05) is 48.5 Å². The molecule has 1 aliphatic heterocycles. The molecule has 0 radical (unpaired) electrons. The minimum Gasteiger partial charge on any atom is -0.508 e. The minimum absolute atomic E-state index is 0.0825. The monoisotopic (exact) mass is 461 g/mol. The van der Waals surface area contributed by atoms with Crippen molar-refractivity contribution in [3.05, 3.63) is 94.5 Å². The third-order valence-corrected chi connectivity index (χ3v) is 7.50. The Bertz CT molecular complexity index is 1170. The number of carbonyl (C=O) groups is 1. The maximum Gasteiger partial charge on any atom is 0.274 e. The van der Waals surface area contributed by atoms with E-state index in [4.69, 9.17) is 0 Å². The Labute approximate surface area is 199 Å². The van der Waals surface area contributed by atoms with Gasteiger partial charge in [-0.25, -0.2) is 8.78 Å². The third-order valence-electron chi connectivity index (χ3n) is 7.50. The number of phenolic OH excluding ortho intramolecular Hbond substituents is 1. The number of phenols is 1. The number of anilines is 1. The van der Waals surface area contributed by atoms with Crippen molar-refractivity contribution in [2.24, 2.45) is 5.92 Å². The first kappa shape index (κ1) is 22.6. The number of hydrogen-bond acceptors (Lipinski definition) is 3. The van der Waals surface area contributed by atoms with Crippen LogP contribution in [0, 0.1) is 12.8 Å². The van der Waals surface area contributed by atoms with Crippen LogP contribution in [-0.4, -0.2) is 24.5 Å². The number of aromatic hydroxyl groups is 1. The van der Waals surface area contributed by atoms with Crippen molar-refractivity contribution in [2.45, 2.75) is 43.9 Å². The Kier molecular flexibility index (Phi) is 5.88. The van der Waals surface area contributed by atoms with Crippen LogP contribution in [-0.2, 0) is 10.7 Å². The van der Waals surface area contributed by atoms with E-state index in [9.17, 15) is 9.90 Å². The molecule has 3 nitrogen and oxygen atoms in total. The average Bonchev–Trinajstić information content (AvgIpc) is 2.85. The molecule has 0 unspecified atom stereocenters. The van der Waals surface area contributed by atoms with Crippen molar-refractivity contribution in [3.8, 4) is 5.75 Å². The number of halogens is 2. The summed E-state index contributed by atoms with van der Waals surface area (Å²) in [6, 6.07) is 20.5. The summed E-state index contributed by atoms with van der Waals surface area (Å²) >= 11 is 0. The summed E-state index contributed by atoms with van der Waals surface area (Å²) in [5.74, 6) is -3.65. The lowest BCUT2D eigenvalue weighted by Gasteiger charge is -2.39. The fraction of sp³-hybridized carbons (Fsp3) is 0.345. The van der Waals surface area contributed by atoms with E-state index in [2.05, 4.69) is 17.0 Å². The highest BCUT2D eigenvalue weighted by Gasteiger charge is 2.47. The average molecular weight is 462 g/mol. The second kappa shape index (κ2) is 8.86. The molecule has 176 valence electrons. The maximum atomic E-state index is 15.3. The van der Waals surface area contributed by atoms with Crippen molar-refractivity contribution >= 4 is 12.0 Å². The van der Waals surface area contributed by atoms with Gasteiger partial charge < -0.3 is 14.8 Å². The highest BCUT2D eigenvalue weighted by Crippen LogP contribution is 2.55. The highest BCUT2D eigenvalue weighted by molar-refractivity contribution is 5.56. The number of nitrogens with zero attached hydrogens (tertiary/aromatic N) is 1. The van der Waals surface area contributed by atoms with E-state index in [1.165, 1.54) is 12.1 Å². The second-order valence-electron chi connectivity index (χ2n) is 9.73. The number of carbonyl (C=O) groups excluding carboxylic acids is 1. The third kappa shape index (κ3) is 4.20. The largest absolute Gasteiger partial charge is 0.508 e. The van der Waals surface area contributed by atoms with Crippen LogP contribution in [0.3, 0.4) is 0 Å². The number of rotatable bonds is 4. The van der Waals surface area contributed by atoms with Gasteiger partial charge in [0.15, 0.2) is 0 Å². The molecule has 1 saturated heterocycles. The van der Waals surface area contributed by atoms with Crippen LogP contribution in [0.25, 0.3) is 0 Å². The van der Waals surface area contributed by atoms with Crippen LogP contribution >= 0.6 is 0 Å². The molecule has 34 heavy (non-hydrogen) atoms. The summed E-state index contributed by atoms with van der Waals surface area (Å²) in [4.78, 5) is 13.3. The maximum absolute atomic E-state index is 15.3. The van der Waals surface area contributed by atoms with Crippen LogP contribution < -0.4 is 4.90 Å². The Morgan fingerprint density at radius 1 is 0.941 bits per heavy atom. The first-order valence-corrected chi connectivity index (χ1v) is 11.9. The van der Waals surface area contributed by atoms with Gasteiger partial charge >= 0.3 is 0 Å². The fourth-order valence-corrected chi connectivity index (χ4v) is 5.58. The molecule has 1 N–H and O–H groups in total. The first-order valence-electron chi connectivity index (χ1n) is 11.9. The number of hydrogen-bond donors (Lipinski definition) is 1. The number of aryl methyl sites for hydroxylation is 1. The van der Waals surface area contributed by atoms with Gasteiger partial charge in [0.1, 0.15) is 12.0 Å². The van der Waals surface area contributed by atoms with Gasteiger partial charge in [0.2, 0.25) is 0 Å². The van der Waals surface area contributed by atoms with E-state index >= 15 is 8.78 Å². The lowest BCUT2D eigenvalue weighted by atomic mass is 9.68. The van der Waals surface area contributed by atoms with Crippen LogP contribution in [0.5, 0.6) is 5.75 Å². The molecule has 5 heteroatoms. The number of piperidine rings is 1. The molecule has 0 aromatic heterocycles. The highest BCUT2D eigenvalue weighted by atomic mass is 19.3. The summed E-state index contributed by atoms with van der Waals surface area (Å²) < 4.78 is 30.6. The SMILES string of the molecule is Cc1ccc([C@@H]2CC(F)(F)c3cc(O)ccc3[C@@H]2c2ccc(N3CCC(C=O)CC3)cc2)cc1. The number of fused-ring (bicyclic) bond motifs is 1. The molecule has 1 aliphatic carbocycles. The van der Waals surface area contributed by atoms with Crippen molar-refractivity contribution in [3.63, 3.8) is 0 Å². The van der Waals surface area contributed by atoms with Gasteiger partial charge in [-0.3, -0.25) is 0 Å². The summed E-state index contributed by atoms with van der Waals surface area (Å²) in [6.07, 6.45) is 2.46. The van der Waals surface area contributed by atoms with Gasteiger partial charge in [-0.2, -0.15) is 0 Å². The van der Waals surface area contributed by atoms with E-state index in [0.717, 1.165) is 54.6 Å². The topological polar surface area (TPSA) is 40.5 Å². The summed E-state index contributed by atoms with van der Waals surface area (Å²) in [5.41, 5.74) is 4.55. The number of alkyl halides is 2. The summed E-state index contributed by atoms with van der Waals surface area (Å²) in [7, 11) is 0. The lowest BCUT2D eigenvalue weighted by Crippen LogP contribution is -2.34. The zero-order chi connectivity index (χ0) is 23.9. The van der Waals surface area contributed by atoms with E-state index in [1.807, 2.05) is 43.3 Å². The van der Waals surface area contributed by atoms with Crippen LogP contribution in [0.4, 0.5) is 14.5 Å². The Hall–Kier alpha value is -3.21. The Balaban J connectivity index is 1.54. The zero-order valence-corrected chi connectivity index (χ0v) is 19.3. The van der Waals surface area contributed by atoms with Crippen molar-refractivity contribution in [2.75, 3.05) is 18.0 Å². The van der Waals surface area contributed by atoms with E-state index in [-0.39, 0.29) is 35.5 Å². The first-order chi connectivity index (χ1) is 16.4.